The molecule has 9 nitrogen and oxygen atoms in total. The lowest BCUT2D eigenvalue weighted by Gasteiger charge is -2.11. The van der Waals surface area contributed by atoms with Crippen molar-refractivity contribution in [1.82, 2.24) is 9.99 Å². The predicted octanol–water partition coefficient (Wildman–Crippen LogP) is 4.08. The summed E-state index contributed by atoms with van der Waals surface area (Å²) in [6, 6.07) is 11.1. The highest BCUT2D eigenvalue weighted by atomic mass is 19.1. The van der Waals surface area contributed by atoms with Gasteiger partial charge in [-0.05, 0) is 63.2 Å². The topological polar surface area (TPSA) is 116 Å². The lowest BCUT2D eigenvalue weighted by molar-refractivity contribution is -0.385. The number of nitrogens with one attached hydrogen (secondary N) is 1. The number of hydrogen-bond acceptors (Lipinski definition) is 6. The van der Waals surface area contributed by atoms with Crippen molar-refractivity contribution < 1.29 is 23.6 Å². The molecule has 0 spiro atoms. The van der Waals surface area contributed by atoms with E-state index in [2.05, 4.69) is 10.5 Å². The molecule has 0 saturated heterocycles. The Morgan fingerprint density at radius 3 is 2.52 bits per heavy atom. The van der Waals surface area contributed by atoms with Crippen LogP contribution in [0, 0.1) is 29.8 Å². The van der Waals surface area contributed by atoms with Gasteiger partial charge in [0.2, 0.25) is 0 Å². The van der Waals surface area contributed by atoms with Crippen molar-refractivity contribution >= 4 is 23.8 Å². The molecule has 0 saturated carbocycles. The fourth-order valence-corrected chi connectivity index (χ4v) is 3.33. The molecule has 1 aromatic heterocycles. The van der Waals surface area contributed by atoms with Crippen LogP contribution in [0.25, 0.3) is 5.69 Å². The Labute approximate surface area is 188 Å². The molecule has 1 heterocycles. The van der Waals surface area contributed by atoms with Crippen molar-refractivity contribution in [1.29, 1.82) is 0 Å². The SMILES string of the molecule is CCOC(=O)c1ccc(-n2c(C)cc(/C=N\NC(=O)c3ccc(F)cc3)c2C)cc1[N+](=O)[O-]. The molecule has 0 atom stereocenters. The van der Waals surface area contributed by atoms with Gasteiger partial charge in [0.15, 0.2) is 0 Å². The van der Waals surface area contributed by atoms with E-state index in [0.717, 1.165) is 5.69 Å². The Morgan fingerprint density at radius 1 is 1.18 bits per heavy atom. The minimum Gasteiger partial charge on any atom is -0.462 e. The van der Waals surface area contributed by atoms with Crippen LogP contribution in [0.5, 0.6) is 0 Å². The standard InChI is InChI=1S/C23H21FN4O5/c1-4-33-23(30)20-10-9-19(12-21(20)28(31)32)27-14(2)11-17(15(27)3)13-25-26-22(29)16-5-7-18(24)8-6-16/h5-13H,4H2,1-3H3,(H,26,29)/b25-13-. The normalized spacial score (nSPS) is 10.9. The molecular weight excluding hydrogens is 431 g/mol. The fourth-order valence-electron chi connectivity index (χ4n) is 3.33. The summed E-state index contributed by atoms with van der Waals surface area (Å²) in [5, 5.41) is 15.5. The third-order valence-electron chi connectivity index (χ3n) is 4.88. The van der Waals surface area contributed by atoms with Gasteiger partial charge in [-0.15, -0.1) is 0 Å². The van der Waals surface area contributed by atoms with Crippen molar-refractivity contribution in [3.63, 3.8) is 0 Å². The van der Waals surface area contributed by atoms with E-state index in [-0.39, 0.29) is 23.4 Å². The molecule has 0 radical (unpaired) electrons. The number of carbonyl (C=O) groups excluding carboxylic acids is 2. The first-order valence-electron chi connectivity index (χ1n) is 9.96. The number of esters is 1. The van der Waals surface area contributed by atoms with E-state index in [1.54, 1.807) is 30.5 Å². The van der Waals surface area contributed by atoms with Crippen LogP contribution in [0.1, 0.15) is 44.6 Å². The summed E-state index contributed by atoms with van der Waals surface area (Å²) in [7, 11) is 0. The zero-order valence-electron chi connectivity index (χ0n) is 18.2. The second-order valence-electron chi connectivity index (χ2n) is 7.05. The summed E-state index contributed by atoms with van der Waals surface area (Å²) >= 11 is 0. The van der Waals surface area contributed by atoms with Crippen LogP contribution < -0.4 is 5.43 Å². The Kier molecular flexibility index (Phi) is 6.97. The molecule has 1 amide bonds. The maximum absolute atomic E-state index is 13.0. The molecule has 170 valence electrons. The second-order valence-corrected chi connectivity index (χ2v) is 7.05. The van der Waals surface area contributed by atoms with Gasteiger partial charge in [-0.25, -0.2) is 14.6 Å². The molecule has 0 aliphatic heterocycles. The third-order valence-corrected chi connectivity index (χ3v) is 4.88. The largest absolute Gasteiger partial charge is 0.462 e. The van der Waals surface area contributed by atoms with Gasteiger partial charge in [0.25, 0.3) is 11.6 Å². The van der Waals surface area contributed by atoms with Crippen LogP contribution in [-0.4, -0.2) is 34.2 Å². The maximum Gasteiger partial charge on any atom is 0.345 e. The number of rotatable bonds is 7. The number of benzene rings is 2. The van der Waals surface area contributed by atoms with E-state index >= 15 is 0 Å². The Bertz CT molecular complexity index is 1250. The average Bonchev–Trinajstić information content (AvgIpc) is 3.06. The van der Waals surface area contributed by atoms with Gasteiger partial charge in [0.1, 0.15) is 11.4 Å². The number of nitro groups is 1. The first-order valence-corrected chi connectivity index (χ1v) is 9.96. The zero-order valence-corrected chi connectivity index (χ0v) is 18.2. The molecule has 2 aromatic carbocycles. The number of hydrazone groups is 1. The van der Waals surface area contributed by atoms with Crippen LogP contribution in [0.4, 0.5) is 10.1 Å². The summed E-state index contributed by atoms with van der Waals surface area (Å²) in [4.78, 5) is 35.1. The van der Waals surface area contributed by atoms with Gasteiger partial charge in [0, 0.05) is 28.6 Å². The van der Waals surface area contributed by atoms with Gasteiger partial charge in [0.05, 0.1) is 23.4 Å². The molecule has 0 bridgehead atoms. The fraction of sp³-hybridized carbons (Fsp3) is 0.174. The molecule has 33 heavy (non-hydrogen) atoms. The van der Waals surface area contributed by atoms with Crippen LogP contribution >= 0.6 is 0 Å². The number of aryl methyl sites for hydroxylation is 1. The maximum atomic E-state index is 13.0. The molecular formula is C23H21FN4O5. The van der Waals surface area contributed by atoms with E-state index in [0.29, 0.717) is 16.9 Å². The van der Waals surface area contributed by atoms with E-state index in [1.165, 1.54) is 42.6 Å². The number of ether oxygens (including phenoxy) is 1. The zero-order chi connectivity index (χ0) is 24.1. The minimum absolute atomic E-state index is 0.105. The van der Waals surface area contributed by atoms with Gasteiger partial charge < -0.3 is 9.30 Å². The molecule has 0 aliphatic carbocycles. The summed E-state index contributed by atoms with van der Waals surface area (Å²) in [5.41, 5.74) is 4.78. The first kappa shape index (κ1) is 23.3. The molecule has 1 N–H and O–H groups in total. The Hall–Kier alpha value is -4.34. The number of amides is 1. The average molecular weight is 452 g/mol. The Morgan fingerprint density at radius 2 is 1.88 bits per heavy atom. The number of carbonyl (C=O) groups is 2. The van der Waals surface area contributed by atoms with Crippen molar-refractivity contribution in [2.45, 2.75) is 20.8 Å². The number of aromatic nitrogens is 1. The highest BCUT2D eigenvalue weighted by Crippen LogP contribution is 2.27. The van der Waals surface area contributed by atoms with Crippen LogP contribution in [0.3, 0.4) is 0 Å². The van der Waals surface area contributed by atoms with Crippen LogP contribution in [0.2, 0.25) is 0 Å². The van der Waals surface area contributed by atoms with E-state index < -0.39 is 22.6 Å². The number of nitro benzene ring substituents is 1. The van der Waals surface area contributed by atoms with E-state index in [4.69, 9.17) is 4.74 Å². The van der Waals surface area contributed by atoms with Crippen molar-refractivity contribution in [2.24, 2.45) is 5.10 Å². The van der Waals surface area contributed by atoms with Crippen molar-refractivity contribution in [3.05, 3.63) is 92.5 Å². The second kappa shape index (κ2) is 9.86. The van der Waals surface area contributed by atoms with Crippen molar-refractivity contribution in [2.75, 3.05) is 6.61 Å². The van der Waals surface area contributed by atoms with Crippen LogP contribution in [-0.2, 0) is 4.74 Å². The molecule has 3 rings (SSSR count). The smallest absolute Gasteiger partial charge is 0.345 e. The van der Waals surface area contributed by atoms with E-state index in [9.17, 15) is 24.1 Å². The van der Waals surface area contributed by atoms with Crippen molar-refractivity contribution in [3.8, 4) is 5.69 Å². The van der Waals surface area contributed by atoms with Gasteiger partial charge in [-0.1, -0.05) is 0 Å². The van der Waals surface area contributed by atoms with E-state index in [1.807, 2.05) is 6.92 Å². The molecule has 0 aliphatic rings. The number of hydrogen-bond donors (Lipinski definition) is 1. The minimum atomic E-state index is -0.763. The lowest BCUT2D eigenvalue weighted by atomic mass is 10.1. The summed E-state index contributed by atoms with van der Waals surface area (Å²) in [5.74, 6) is -1.70. The molecule has 0 unspecified atom stereocenters. The monoisotopic (exact) mass is 452 g/mol. The first-order chi connectivity index (χ1) is 15.7. The van der Waals surface area contributed by atoms with Gasteiger partial charge in [-0.2, -0.15) is 5.10 Å². The summed E-state index contributed by atoms with van der Waals surface area (Å²) in [6.45, 7) is 5.33. The summed E-state index contributed by atoms with van der Waals surface area (Å²) in [6.07, 6.45) is 1.45. The molecule has 0 fully saturated rings. The lowest BCUT2D eigenvalue weighted by Crippen LogP contribution is -2.17. The van der Waals surface area contributed by atoms with Crippen LogP contribution in [0.15, 0.2) is 53.6 Å². The number of halogens is 1. The molecule has 10 heteroatoms. The highest BCUT2D eigenvalue weighted by molar-refractivity contribution is 5.95. The Balaban J connectivity index is 1.87. The highest BCUT2D eigenvalue weighted by Gasteiger charge is 2.23. The summed E-state index contributed by atoms with van der Waals surface area (Å²) < 4.78 is 19.7. The van der Waals surface area contributed by atoms with Gasteiger partial charge in [-0.3, -0.25) is 14.9 Å². The van der Waals surface area contributed by atoms with Gasteiger partial charge >= 0.3 is 5.97 Å². The third kappa shape index (κ3) is 5.12. The predicted molar refractivity (Wildman–Crippen MR) is 119 cm³/mol. The number of nitrogens with zero attached hydrogens (tertiary/aromatic N) is 3. The molecule has 3 aromatic rings. The quantitative estimate of drug-likeness (QED) is 0.251.